The number of benzene rings is 2. The number of hydrogen-bond donors (Lipinski definition) is 4. The minimum atomic E-state index is -1.09. The molecule has 0 radical (unpaired) electrons. The normalized spacial score (nSPS) is 22.0. The van der Waals surface area contributed by atoms with E-state index < -0.39 is 12.5 Å². The van der Waals surface area contributed by atoms with Crippen molar-refractivity contribution in [3.8, 4) is 11.6 Å². The lowest BCUT2D eigenvalue weighted by Gasteiger charge is -2.25. The highest BCUT2D eigenvalue weighted by molar-refractivity contribution is 5.55. The van der Waals surface area contributed by atoms with E-state index in [0.717, 1.165) is 29.7 Å². The number of methoxy groups -OCH3 is 1. The fraction of sp³-hybridized carbons (Fsp3) is 0.348. The first kappa shape index (κ1) is 19.1. The van der Waals surface area contributed by atoms with Crippen LogP contribution < -0.4 is 15.4 Å². The third kappa shape index (κ3) is 2.89. The van der Waals surface area contributed by atoms with Gasteiger partial charge in [-0.3, -0.25) is 5.32 Å². The molecule has 0 saturated heterocycles. The van der Waals surface area contributed by atoms with Gasteiger partial charge in [0.15, 0.2) is 6.35 Å². The number of ether oxygens (including phenoxy) is 1. The number of para-hydroxylation sites is 1. The van der Waals surface area contributed by atoms with Crippen LogP contribution in [0.5, 0.6) is 5.88 Å². The van der Waals surface area contributed by atoms with Crippen molar-refractivity contribution in [3.63, 3.8) is 0 Å². The molecule has 30 heavy (non-hydrogen) atoms. The number of anilines is 1. The Bertz CT molecular complexity index is 1060. The van der Waals surface area contributed by atoms with Crippen LogP contribution >= 0.6 is 0 Å². The summed E-state index contributed by atoms with van der Waals surface area (Å²) in [6.45, 7) is 1.89. The molecule has 2 aliphatic rings. The molecule has 2 aromatic carbocycles. The van der Waals surface area contributed by atoms with Crippen molar-refractivity contribution in [1.82, 2.24) is 15.1 Å². The fourth-order valence-electron chi connectivity index (χ4n) is 4.69. The summed E-state index contributed by atoms with van der Waals surface area (Å²) in [4.78, 5) is 0. The Hall–Kier alpha value is -2.87. The highest BCUT2D eigenvalue weighted by Crippen LogP contribution is 2.59. The first-order chi connectivity index (χ1) is 14.5. The Kier molecular flexibility index (Phi) is 4.54. The van der Waals surface area contributed by atoms with Crippen LogP contribution in [0, 0.1) is 6.92 Å². The van der Waals surface area contributed by atoms with E-state index in [1.54, 1.807) is 11.8 Å². The van der Waals surface area contributed by atoms with Gasteiger partial charge in [-0.1, -0.05) is 42.5 Å². The molecule has 7 heteroatoms. The zero-order chi connectivity index (χ0) is 20.9. The molecule has 156 valence electrons. The van der Waals surface area contributed by atoms with Gasteiger partial charge in [-0.25, -0.2) is 4.68 Å². The molecular weight excluding hydrogens is 380 g/mol. The molecule has 2 aliphatic carbocycles. The van der Waals surface area contributed by atoms with E-state index in [0.29, 0.717) is 11.7 Å². The highest BCUT2D eigenvalue weighted by atomic mass is 16.5. The van der Waals surface area contributed by atoms with Crippen molar-refractivity contribution in [2.24, 2.45) is 0 Å². The number of fused-ring (bicyclic) bond motifs is 2. The lowest BCUT2D eigenvalue weighted by Crippen LogP contribution is -2.43. The predicted molar refractivity (Wildman–Crippen MR) is 114 cm³/mol. The van der Waals surface area contributed by atoms with Gasteiger partial charge in [0.2, 0.25) is 5.88 Å². The molecule has 1 fully saturated rings. The summed E-state index contributed by atoms with van der Waals surface area (Å²) in [5.74, 6) is 1.11. The topological polar surface area (TPSA) is 91.6 Å². The second kappa shape index (κ2) is 7.12. The van der Waals surface area contributed by atoms with E-state index in [-0.39, 0.29) is 11.5 Å². The first-order valence-electron chi connectivity index (χ1n) is 10.2. The number of aliphatic hydroxyl groups excluding tert-OH is 2. The molecule has 1 saturated carbocycles. The van der Waals surface area contributed by atoms with Crippen molar-refractivity contribution in [3.05, 3.63) is 71.3 Å². The number of hydrogen-bond acceptors (Lipinski definition) is 6. The average molecular weight is 406 g/mol. The monoisotopic (exact) mass is 406 g/mol. The summed E-state index contributed by atoms with van der Waals surface area (Å²) in [6, 6.07) is 17.4. The number of rotatable bonds is 6. The molecule has 0 aliphatic heterocycles. The van der Waals surface area contributed by atoms with E-state index in [4.69, 9.17) is 4.74 Å². The fourth-order valence-corrected chi connectivity index (χ4v) is 4.69. The van der Waals surface area contributed by atoms with Gasteiger partial charge in [0.25, 0.3) is 0 Å². The molecular formula is C23H26N4O3. The van der Waals surface area contributed by atoms with Gasteiger partial charge in [0, 0.05) is 5.41 Å². The Morgan fingerprint density at radius 2 is 1.83 bits per heavy atom. The lowest BCUT2D eigenvalue weighted by atomic mass is 9.97. The maximum absolute atomic E-state index is 11.0. The second-order valence-electron chi connectivity index (χ2n) is 8.11. The Balaban J connectivity index is 1.42. The van der Waals surface area contributed by atoms with E-state index in [1.165, 1.54) is 5.56 Å². The quantitative estimate of drug-likeness (QED) is 0.471. The van der Waals surface area contributed by atoms with Crippen LogP contribution in [-0.2, 0) is 5.41 Å². The minimum absolute atomic E-state index is 0.168. The van der Waals surface area contributed by atoms with E-state index in [2.05, 4.69) is 21.8 Å². The lowest BCUT2D eigenvalue weighted by molar-refractivity contribution is 0.0667. The zero-order valence-corrected chi connectivity index (χ0v) is 17.0. The standard InChI is InChI=1S/C23H26N4O3/c1-14-20(27(26-21(14)30-2)15-8-4-3-5-9-15)25-22(29)24-18-16-10-6-7-11-17(16)23(12-13-23)19(18)28/h3-11,18-19,22,24-25,28-29H,12-13H2,1-2H3/t18-,19+,22?/m1/s1. The molecule has 1 aromatic heterocycles. The molecule has 1 heterocycles. The number of nitrogens with one attached hydrogen (secondary N) is 2. The van der Waals surface area contributed by atoms with Gasteiger partial charge in [-0.2, -0.15) is 0 Å². The van der Waals surface area contributed by atoms with Crippen LogP contribution in [0.2, 0.25) is 0 Å². The highest BCUT2D eigenvalue weighted by Gasteiger charge is 2.59. The number of aromatic nitrogens is 2. The summed E-state index contributed by atoms with van der Waals surface area (Å²) < 4.78 is 7.10. The van der Waals surface area contributed by atoms with Crippen LogP contribution in [0.4, 0.5) is 5.82 Å². The third-order valence-corrected chi connectivity index (χ3v) is 6.39. The summed E-state index contributed by atoms with van der Waals surface area (Å²) in [5, 5.41) is 32.7. The number of aliphatic hydroxyl groups is 2. The van der Waals surface area contributed by atoms with Crippen molar-refractivity contribution in [2.75, 3.05) is 12.4 Å². The maximum Gasteiger partial charge on any atom is 0.238 e. The van der Waals surface area contributed by atoms with Gasteiger partial charge in [0.1, 0.15) is 5.82 Å². The summed E-state index contributed by atoms with van der Waals surface area (Å²) in [5.41, 5.74) is 3.71. The van der Waals surface area contributed by atoms with Crippen LogP contribution in [0.1, 0.15) is 35.6 Å². The van der Waals surface area contributed by atoms with Crippen LogP contribution in [0.15, 0.2) is 54.6 Å². The van der Waals surface area contributed by atoms with Crippen LogP contribution in [0.25, 0.3) is 5.69 Å². The van der Waals surface area contributed by atoms with Crippen molar-refractivity contribution < 1.29 is 14.9 Å². The SMILES string of the molecule is COc1nn(-c2ccccc2)c(NC(O)N[C@@H]2c3ccccc3C3(CC3)[C@H]2O)c1C. The van der Waals surface area contributed by atoms with Gasteiger partial charge in [-0.15, -0.1) is 5.10 Å². The van der Waals surface area contributed by atoms with Gasteiger partial charge in [0.05, 0.1) is 30.5 Å². The summed E-state index contributed by atoms with van der Waals surface area (Å²) in [7, 11) is 1.57. The number of nitrogens with zero attached hydrogens (tertiary/aromatic N) is 2. The predicted octanol–water partition coefficient (Wildman–Crippen LogP) is 2.61. The largest absolute Gasteiger partial charge is 0.480 e. The van der Waals surface area contributed by atoms with Crippen LogP contribution in [0.3, 0.4) is 0 Å². The molecule has 1 spiro atoms. The summed E-state index contributed by atoms with van der Waals surface area (Å²) in [6.07, 6.45) is 0.295. The molecule has 4 N–H and O–H groups in total. The van der Waals surface area contributed by atoms with E-state index >= 15 is 0 Å². The van der Waals surface area contributed by atoms with Gasteiger partial charge < -0.3 is 20.3 Å². The van der Waals surface area contributed by atoms with Crippen LogP contribution in [-0.4, -0.2) is 39.6 Å². The molecule has 1 unspecified atom stereocenters. The Labute approximate surface area is 175 Å². The maximum atomic E-state index is 11.0. The Morgan fingerprint density at radius 3 is 2.53 bits per heavy atom. The smallest absolute Gasteiger partial charge is 0.238 e. The van der Waals surface area contributed by atoms with Gasteiger partial charge in [-0.05, 0) is 43.0 Å². The molecule has 7 nitrogen and oxygen atoms in total. The second-order valence-corrected chi connectivity index (χ2v) is 8.11. The molecule has 0 amide bonds. The van der Waals surface area contributed by atoms with E-state index in [1.807, 2.05) is 55.5 Å². The Morgan fingerprint density at radius 1 is 1.13 bits per heavy atom. The third-order valence-electron chi connectivity index (χ3n) is 6.39. The van der Waals surface area contributed by atoms with Crippen molar-refractivity contribution in [1.29, 1.82) is 0 Å². The average Bonchev–Trinajstić information content (AvgIpc) is 3.48. The van der Waals surface area contributed by atoms with Gasteiger partial charge >= 0.3 is 0 Å². The van der Waals surface area contributed by atoms with E-state index in [9.17, 15) is 10.2 Å². The zero-order valence-electron chi connectivity index (χ0n) is 17.0. The minimum Gasteiger partial charge on any atom is -0.480 e. The summed E-state index contributed by atoms with van der Waals surface area (Å²) >= 11 is 0. The molecule has 0 bridgehead atoms. The molecule has 3 aromatic rings. The van der Waals surface area contributed by atoms with Crippen molar-refractivity contribution >= 4 is 5.82 Å². The van der Waals surface area contributed by atoms with Crippen molar-refractivity contribution in [2.45, 2.75) is 43.7 Å². The first-order valence-corrected chi connectivity index (χ1v) is 10.2. The molecule has 5 rings (SSSR count). The molecule has 3 atom stereocenters.